The van der Waals surface area contributed by atoms with Crippen LogP contribution in [0.3, 0.4) is 0 Å². The van der Waals surface area contributed by atoms with Gasteiger partial charge in [-0.2, -0.15) is 4.98 Å². The number of halogens is 1. The van der Waals surface area contributed by atoms with Gasteiger partial charge in [-0.15, -0.1) is 4.41 Å². The van der Waals surface area contributed by atoms with Gasteiger partial charge in [0.15, 0.2) is 5.82 Å². The van der Waals surface area contributed by atoms with Crippen LogP contribution in [-0.2, 0) is 0 Å². The lowest BCUT2D eigenvalue weighted by Crippen LogP contribution is -2.27. The highest BCUT2D eigenvalue weighted by Crippen LogP contribution is 2.34. The van der Waals surface area contributed by atoms with Crippen molar-refractivity contribution in [3.8, 4) is 17.2 Å². The van der Waals surface area contributed by atoms with Crippen molar-refractivity contribution in [2.45, 2.75) is 19.4 Å². The van der Waals surface area contributed by atoms with Crippen molar-refractivity contribution in [2.24, 2.45) is 0 Å². The molecule has 36 heavy (non-hydrogen) atoms. The van der Waals surface area contributed by atoms with Crippen LogP contribution in [0.4, 0.5) is 28.8 Å². The van der Waals surface area contributed by atoms with E-state index >= 15 is 0 Å². The Morgan fingerprint density at radius 2 is 1.75 bits per heavy atom. The minimum Gasteiger partial charge on any atom is -0.497 e. The molecule has 0 fully saturated rings. The molecule has 5 N–H and O–H groups in total. The molecular weight excluding hydrogens is 508 g/mol. The largest absolute Gasteiger partial charge is 0.497 e. The summed E-state index contributed by atoms with van der Waals surface area (Å²) in [6, 6.07) is 10.5. The first-order valence-electron chi connectivity index (χ1n) is 10.7. The second-order valence-electron chi connectivity index (χ2n) is 8.21. The lowest BCUT2D eigenvalue weighted by molar-refractivity contribution is 0.0285. The lowest BCUT2D eigenvalue weighted by atomic mass is 10.2. The first-order valence-corrected chi connectivity index (χ1v) is 11.8. The van der Waals surface area contributed by atoms with Crippen molar-refractivity contribution in [3.63, 3.8) is 0 Å². The zero-order valence-electron chi connectivity index (χ0n) is 20.5. The molecule has 13 heteroatoms. The quantitative estimate of drug-likeness (QED) is 0.119. The first kappa shape index (κ1) is 27.4. The molecule has 1 aromatic heterocycles. The van der Waals surface area contributed by atoms with Gasteiger partial charge in [0.05, 0.1) is 55.3 Å². The average Bonchev–Trinajstić information content (AvgIpc) is 2.85. The highest BCUT2D eigenvalue weighted by atomic mass is 35.5. The minimum atomic E-state index is -0.979. The molecule has 0 aliphatic carbocycles. The van der Waals surface area contributed by atoms with Crippen LogP contribution in [0, 0.1) is 0 Å². The van der Waals surface area contributed by atoms with Crippen LogP contribution in [0.2, 0.25) is 5.02 Å². The summed E-state index contributed by atoms with van der Waals surface area (Å²) in [5, 5.41) is 16.5. The van der Waals surface area contributed by atoms with Crippen molar-refractivity contribution < 1.29 is 23.9 Å². The van der Waals surface area contributed by atoms with Gasteiger partial charge in [-0.05, 0) is 38.1 Å². The predicted octanol–water partition coefficient (Wildman–Crippen LogP) is 5.16. The summed E-state index contributed by atoms with van der Waals surface area (Å²) in [5.74, 6) is 2.30. The van der Waals surface area contributed by atoms with E-state index < -0.39 is 5.60 Å². The number of rotatable bonds is 12. The molecule has 2 aromatic carbocycles. The molecule has 0 unspecified atom stereocenters. The number of anilines is 5. The summed E-state index contributed by atoms with van der Waals surface area (Å²) in [4.78, 5) is 8.77. The highest BCUT2D eigenvalue weighted by Gasteiger charge is 2.16. The maximum Gasteiger partial charge on any atom is 0.229 e. The lowest BCUT2D eigenvalue weighted by Gasteiger charge is -2.20. The molecule has 0 bridgehead atoms. The molecule has 194 valence electrons. The molecule has 0 aliphatic rings. The van der Waals surface area contributed by atoms with Crippen LogP contribution in [0.5, 0.6) is 17.2 Å². The van der Waals surface area contributed by atoms with Crippen molar-refractivity contribution >= 4 is 52.7 Å². The SMILES string of the molecule is COc1ccc(Nc2nc(Nc3cc(OCC(C)(C)O)ccc3OC)ncc2Cl)c(NN(C)SO)c1. The fraction of sp³-hybridized carbons (Fsp3) is 0.304. The number of nitrogens with one attached hydrogen (secondary N) is 3. The number of hydrogen-bond acceptors (Lipinski definition) is 12. The van der Waals surface area contributed by atoms with E-state index in [0.29, 0.717) is 57.4 Å². The van der Waals surface area contributed by atoms with E-state index in [0.717, 1.165) is 0 Å². The maximum atomic E-state index is 9.94. The number of hydrazine groups is 1. The van der Waals surface area contributed by atoms with E-state index in [1.165, 1.54) is 10.6 Å². The Morgan fingerprint density at radius 1 is 1.03 bits per heavy atom. The third-order valence-corrected chi connectivity index (χ3v) is 5.25. The second-order valence-corrected chi connectivity index (χ2v) is 9.32. The zero-order chi connectivity index (χ0) is 26.3. The van der Waals surface area contributed by atoms with Gasteiger partial charge in [0.2, 0.25) is 5.95 Å². The summed E-state index contributed by atoms with van der Waals surface area (Å²) in [6.07, 6.45) is 1.46. The second kappa shape index (κ2) is 12.2. The van der Waals surface area contributed by atoms with Crippen molar-refractivity contribution in [3.05, 3.63) is 47.6 Å². The van der Waals surface area contributed by atoms with Gasteiger partial charge in [-0.3, -0.25) is 0 Å². The Labute approximate surface area is 219 Å². The number of aromatic nitrogens is 2. The van der Waals surface area contributed by atoms with Crippen LogP contribution in [0.25, 0.3) is 0 Å². The zero-order valence-corrected chi connectivity index (χ0v) is 22.1. The van der Waals surface area contributed by atoms with Gasteiger partial charge in [0.1, 0.15) is 28.9 Å². The summed E-state index contributed by atoms with van der Waals surface area (Å²) >= 11 is 6.90. The molecule has 0 spiro atoms. The Balaban J connectivity index is 1.87. The summed E-state index contributed by atoms with van der Waals surface area (Å²) in [7, 11) is 4.77. The summed E-state index contributed by atoms with van der Waals surface area (Å²) in [6.45, 7) is 3.44. The third kappa shape index (κ3) is 7.67. The van der Waals surface area contributed by atoms with Crippen molar-refractivity contribution in [1.29, 1.82) is 0 Å². The smallest absolute Gasteiger partial charge is 0.229 e. The number of hydrogen-bond donors (Lipinski definition) is 5. The Kier molecular flexibility index (Phi) is 9.29. The van der Waals surface area contributed by atoms with Gasteiger partial charge in [-0.25, -0.2) is 4.98 Å². The number of aliphatic hydroxyl groups is 1. The van der Waals surface area contributed by atoms with Crippen molar-refractivity contribution in [1.82, 2.24) is 14.4 Å². The maximum absolute atomic E-state index is 9.94. The fourth-order valence-electron chi connectivity index (χ4n) is 2.94. The monoisotopic (exact) mass is 536 g/mol. The number of ether oxygens (including phenoxy) is 3. The molecule has 11 nitrogen and oxygen atoms in total. The van der Waals surface area contributed by atoms with E-state index in [1.807, 2.05) is 0 Å². The molecule has 1 heterocycles. The number of benzene rings is 2. The van der Waals surface area contributed by atoms with Crippen LogP contribution < -0.4 is 30.3 Å². The van der Waals surface area contributed by atoms with E-state index in [1.54, 1.807) is 71.5 Å². The van der Waals surface area contributed by atoms with Gasteiger partial charge in [0.25, 0.3) is 0 Å². The van der Waals surface area contributed by atoms with Gasteiger partial charge in [-0.1, -0.05) is 11.6 Å². The molecule has 3 aromatic rings. The van der Waals surface area contributed by atoms with Crippen LogP contribution in [0.15, 0.2) is 42.6 Å². The van der Waals surface area contributed by atoms with Gasteiger partial charge in [0, 0.05) is 19.2 Å². The highest BCUT2D eigenvalue weighted by molar-refractivity contribution is 7.91. The Morgan fingerprint density at radius 3 is 2.42 bits per heavy atom. The molecule has 0 amide bonds. The standard InChI is InChI=1S/C23H29ClN6O5S/c1-23(2,31)13-35-15-7-9-20(34-5)19(11-15)27-22-25-12-16(24)21(28-22)26-17-8-6-14(33-4)10-18(17)29-30(3)36-32/h6-12,29,31-32H,13H2,1-5H3,(H2,25,26,27,28). The van der Waals surface area contributed by atoms with Gasteiger partial charge < -0.3 is 39.9 Å². The van der Waals surface area contributed by atoms with Crippen molar-refractivity contribution in [2.75, 3.05) is 43.9 Å². The topological polar surface area (TPSA) is 133 Å². The molecule has 3 rings (SSSR count). The molecule has 0 saturated heterocycles. The average molecular weight is 537 g/mol. The summed E-state index contributed by atoms with van der Waals surface area (Å²) in [5.41, 5.74) is 3.85. The molecule has 0 atom stereocenters. The Hall–Kier alpha value is -3.16. The molecule has 0 aliphatic heterocycles. The number of methoxy groups -OCH3 is 2. The summed E-state index contributed by atoms with van der Waals surface area (Å²) < 4.78 is 27.1. The Bertz CT molecular complexity index is 1180. The fourth-order valence-corrected chi connectivity index (χ4v) is 3.22. The molecule has 0 saturated carbocycles. The normalized spacial score (nSPS) is 11.2. The van der Waals surface area contributed by atoms with E-state index in [9.17, 15) is 9.66 Å². The predicted molar refractivity (Wildman–Crippen MR) is 143 cm³/mol. The first-order chi connectivity index (χ1) is 17.1. The van der Waals surface area contributed by atoms with Crippen LogP contribution in [0.1, 0.15) is 13.8 Å². The third-order valence-electron chi connectivity index (χ3n) is 4.63. The molecule has 0 radical (unpaired) electrons. The van der Waals surface area contributed by atoms with E-state index in [4.69, 9.17) is 25.8 Å². The minimum absolute atomic E-state index is 0.118. The number of nitrogens with zero attached hydrogens (tertiary/aromatic N) is 3. The van der Waals surface area contributed by atoms with E-state index in [-0.39, 0.29) is 12.6 Å². The molecular formula is C23H29ClN6O5S. The van der Waals surface area contributed by atoms with E-state index in [2.05, 4.69) is 26.0 Å². The van der Waals surface area contributed by atoms with Gasteiger partial charge >= 0.3 is 0 Å². The van der Waals surface area contributed by atoms with Crippen LogP contribution in [-0.4, -0.2) is 57.5 Å². The van der Waals surface area contributed by atoms with Crippen LogP contribution >= 0.6 is 23.8 Å².